The second-order valence-electron chi connectivity index (χ2n) is 9.35. The summed E-state index contributed by atoms with van der Waals surface area (Å²) in [6, 6.07) is 2.70. The molecular weight excluding hydrogens is 514 g/mol. The van der Waals surface area contributed by atoms with Gasteiger partial charge in [0.25, 0.3) is 0 Å². The van der Waals surface area contributed by atoms with Crippen molar-refractivity contribution in [3.05, 3.63) is 23.8 Å². The van der Waals surface area contributed by atoms with Crippen LogP contribution in [0.5, 0.6) is 11.5 Å². The van der Waals surface area contributed by atoms with Gasteiger partial charge in [0.15, 0.2) is 11.5 Å². The molecule has 0 saturated carbocycles. The van der Waals surface area contributed by atoms with Crippen molar-refractivity contribution in [2.45, 2.75) is 98.0 Å². The molecule has 0 heterocycles. The normalized spacial score (nSPS) is 15.5. The molecule has 0 fully saturated rings. The van der Waals surface area contributed by atoms with Crippen LogP contribution in [-0.2, 0) is 23.7 Å². The van der Waals surface area contributed by atoms with Crippen LogP contribution in [0.4, 0.5) is 14.4 Å². The first-order valence-electron chi connectivity index (χ1n) is 13.0. The van der Waals surface area contributed by atoms with Crippen LogP contribution in [-0.4, -0.2) is 60.5 Å². The summed E-state index contributed by atoms with van der Waals surface area (Å²) in [5, 5.41) is 9.66. The first kappa shape index (κ1) is 33.5. The summed E-state index contributed by atoms with van der Waals surface area (Å²) in [4.78, 5) is 48.5. The number of carbonyl (C=O) groups excluding carboxylic acids is 3. The molecule has 1 rings (SSSR count). The lowest BCUT2D eigenvalue weighted by Crippen LogP contribution is -2.40. The van der Waals surface area contributed by atoms with E-state index < -0.39 is 54.5 Å². The average Bonchev–Trinajstić information content (AvgIpc) is 2.88. The van der Waals surface area contributed by atoms with E-state index in [0.29, 0.717) is 24.8 Å². The fourth-order valence-electron chi connectivity index (χ4n) is 3.25. The van der Waals surface area contributed by atoms with Crippen LogP contribution in [0.3, 0.4) is 0 Å². The van der Waals surface area contributed by atoms with Gasteiger partial charge in [-0.15, -0.1) is 0 Å². The summed E-state index contributed by atoms with van der Waals surface area (Å²) in [5.74, 6) is -3.19. The summed E-state index contributed by atoms with van der Waals surface area (Å²) in [6.07, 6.45) is -2.48. The van der Waals surface area contributed by atoms with Crippen LogP contribution in [0.25, 0.3) is 0 Å². The summed E-state index contributed by atoms with van der Waals surface area (Å²) >= 11 is 0. The highest BCUT2D eigenvalue weighted by molar-refractivity contribution is 5.75. The number of carboxylic acid groups (broad SMARTS) is 1. The van der Waals surface area contributed by atoms with Gasteiger partial charge in [-0.05, 0) is 63.6 Å². The predicted molar refractivity (Wildman–Crippen MR) is 140 cm³/mol. The molecule has 0 spiro atoms. The third-order valence-electron chi connectivity index (χ3n) is 6.11. The molecule has 0 amide bonds. The lowest BCUT2D eigenvalue weighted by molar-refractivity contribution is -0.139. The van der Waals surface area contributed by atoms with Crippen molar-refractivity contribution in [2.24, 2.45) is 11.7 Å². The number of aliphatic carboxylic acids is 1. The fraction of sp³-hybridized carbons (Fsp3) is 0.630. The molecule has 0 aliphatic rings. The van der Waals surface area contributed by atoms with Crippen LogP contribution in [0.15, 0.2) is 18.2 Å². The zero-order valence-electron chi connectivity index (χ0n) is 23.6. The quantitative estimate of drug-likeness (QED) is 0.170. The largest absolute Gasteiger partial charge is 0.514 e. The molecule has 220 valence electrons. The number of hydrogen-bond acceptors (Lipinski definition) is 11. The fourth-order valence-corrected chi connectivity index (χ4v) is 3.25. The number of carboxylic acids is 1. The Morgan fingerprint density at radius 3 is 1.69 bits per heavy atom. The van der Waals surface area contributed by atoms with Crippen LogP contribution >= 0.6 is 0 Å². The van der Waals surface area contributed by atoms with Gasteiger partial charge < -0.3 is 39.3 Å². The van der Waals surface area contributed by atoms with Crippen molar-refractivity contribution in [2.75, 3.05) is 6.61 Å². The second kappa shape index (κ2) is 16.4. The Hall–Kier alpha value is -3.54. The highest BCUT2D eigenvalue weighted by atomic mass is 16.8. The third kappa shape index (κ3) is 11.4. The van der Waals surface area contributed by atoms with E-state index >= 15 is 0 Å². The maximum Gasteiger partial charge on any atom is 0.514 e. The SMILES string of the molecule is CCC(C)OC(=O)OCC(C)C(c1ccc(OC(=O)OC(C)CC)c(OC(=O)OC(C)CC)c1)[C@H](N)C(=O)O. The maximum atomic E-state index is 12.4. The lowest BCUT2D eigenvalue weighted by atomic mass is 9.82. The van der Waals surface area contributed by atoms with E-state index in [0.717, 1.165) is 0 Å². The third-order valence-corrected chi connectivity index (χ3v) is 6.11. The maximum absolute atomic E-state index is 12.4. The monoisotopic (exact) mass is 555 g/mol. The molecule has 12 nitrogen and oxygen atoms in total. The molecule has 0 aliphatic carbocycles. The van der Waals surface area contributed by atoms with E-state index in [1.807, 2.05) is 20.8 Å². The lowest BCUT2D eigenvalue weighted by Gasteiger charge is -2.28. The Balaban J connectivity index is 3.34. The Bertz CT molecular complexity index is 967. The molecule has 3 N–H and O–H groups in total. The number of rotatable bonds is 14. The molecule has 12 heteroatoms. The van der Waals surface area contributed by atoms with Crippen LogP contribution in [0.2, 0.25) is 0 Å². The number of nitrogens with two attached hydrogens (primary N) is 1. The van der Waals surface area contributed by atoms with Crippen molar-refractivity contribution < 1.29 is 52.7 Å². The highest BCUT2D eigenvalue weighted by Crippen LogP contribution is 2.36. The van der Waals surface area contributed by atoms with Gasteiger partial charge in [-0.3, -0.25) is 4.79 Å². The standard InChI is InChI=1S/C27H41NO11/c1-8-16(5)35-25(31)34-14-15(4)22(23(28)24(29)30)19-11-12-20(38-26(32)36-17(6)9-2)21(13-19)39-27(33)37-18(7)10-3/h11-13,15-18,22-23H,8-10,14,28H2,1-7H3,(H,29,30)/t15?,16?,17?,18?,22?,23-/m0/s1. The number of hydrogen-bond donors (Lipinski definition) is 2. The first-order valence-corrected chi connectivity index (χ1v) is 13.0. The molecule has 5 unspecified atom stereocenters. The van der Waals surface area contributed by atoms with Crippen molar-refractivity contribution >= 4 is 24.4 Å². The Morgan fingerprint density at radius 1 is 0.769 bits per heavy atom. The van der Waals surface area contributed by atoms with Gasteiger partial charge in [0.05, 0.1) is 6.61 Å². The van der Waals surface area contributed by atoms with E-state index in [4.69, 9.17) is 34.2 Å². The molecular formula is C27H41NO11. The van der Waals surface area contributed by atoms with Crippen LogP contribution < -0.4 is 15.2 Å². The van der Waals surface area contributed by atoms with Gasteiger partial charge >= 0.3 is 24.4 Å². The minimum atomic E-state index is -1.42. The minimum absolute atomic E-state index is 0.156. The number of carbonyl (C=O) groups is 4. The molecule has 0 bridgehead atoms. The van der Waals surface area contributed by atoms with Gasteiger partial charge in [0.2, 0.25) is 0 Å². The molecule has 1 aromatic carbocycles. The molecule has 6 atom stereocenters. The van der Waals surface area contributed by atoms with Crippen LogP contribution in [0.1, 0.15) is 79.2 Å². The van der Waals surface area contributed by atoms with Gasteiger partial charge in [-0.1, -0.05) is 33.8 Å². The zero-order chi connectivity index (χ0) is 29.7. The summed E-state index contributed by atoms with van der Waals surface area (Å²) < 4.78 is 31.1. The van der Waals surface area contributed by atoms with Gasteiger partial charge in [-0.2, -0.15) is 0 Å². The Morgan fingerprint density at radius 2 is 1.23 bits per heavy atom. The summed E-state index contributed by atoms with van der Waals surface area (Å²) in [5.41, 5.74) is 6.34. The van der Waals surface area contributed by atoms with Crippen molar-refractivity contribution in [3.8, 4) is 11.5 Å². The topological polar surface area (TPSA) is 170 Å². The smallest absolute Gasteiger partial charge is 0.480 e. The van der Waals surface area contributed by atoms with Crippen LogP contribution in [0, 0.1) is 5.92 Å². The average molecular weight is 556 g/mol. The summed E-state index contributed by atoms with van der Waals surface area (Å²) in [6.45, 7) is 12.0. The van der Waals surface area contributed by atoms with Crippen molar-refractivity contribution in [3.63, 3.8) is 0 Å². The molecule has 0 aliphatic heterocycles. The van der Waals surface area contributed by atoms with E-state index in [1.54, 1.807) is 27.7 Å². The number of ether oxygens (including phenoxy) is 6. The number of benzene rings is 1. The molecule has 0 radical (unpaired) electrons. The minimum Gasteiger partial charge on any atom is -0.480 e. The van der Waals surface area contributed by atoms with E-state index in [1.165, 1.54) is 18.2 Å². The highest BCUT2D eigenvalue weighted by Gasteiger charge is 2.33. The predicted octanol–water partition coefficient (Wildman–Crippen LogP) is 5.40. The molecule has 1 aromatic rings. The summed E-state index contributed by atoms with van der Waals surface area (Å²) in [7, 11) is 0. The molecule has 0 aromatic heterocycles. The van der Waals surface area contributed by atoms with Gasteiger partial charge in [-0.25, -0.2) is 14.4 Å². The molecule has 0 saturated heterocycles. The van der Waals surface area contributed by atoms with E-state index in [-0.39, 0.29) is 24.2 Å². The first-order chi connectivity index (χ1) is 18.3. The second-order valence-corrected chi connectivity index (χ2v) is 9.35. The zero-order valence-corrected chi connectivity index (χ0v) is 23.6. The van der Waals surface area contributed by atoms with Gasteiger partial charge in [0.1, 0.15) is 24.4 Å². The van der Waals surface area contributed by atoms with Gasteiger partial charge in [0, 0.05) is 5.92 Å². The Labute approximate surface area is 229 Å². The molecule has 39 heavy (non-hydrogen) atoms. The van der Waals surface area contributed by atoms with E-state index in [2.05, 4.69) is 0 Å². The van der Waals surface area contributed by atoms with E-state index in [9.17, 15) is 24.3 Å². The van der Waals surface area contributed by atoms with Crippen molar-refractivity contribution in [1.82, 2.24) is 0 Å². The Kier molecular flexibility index (Phi) is 14.1. The van der Waals surface area contributed by atoms with Crippen molar-refractivity contribution in [1.29, 1.82) is 0 Å².